The Hall–Kier alpha value is -0.860. The molecule has 1 aromatic rings. The third kappa shape index (κ3) is 3.62. The van der Waals surface area contributed by atoms with Crippen LogP contribution in [0.2, 0.25) is 0 Å². The average Bonchev–Trinajstić information content (AvgIpc) is 2.47. The monoisotopic (exact) mass is 274 g/mol. The van der Waals surface area contributed by atoms with Crippen LogP contribution in [0, 0.1) is 0 Å². The Bertz CT molecular complexity index is 396. The lowest BCUT2D eigenvalue weighted by Crippen LogP contribution is -2.49. The molecule has 20 heavy (non-hydrogen) atoms. The Labute approximate surface area is 124 Å². The SMILES string of the molecule is CCCc1ccc(C(C)N2CCCCC2C(C)N)cc1. The molecule has 112 valence electrons. The van der Waals surface area contributed by atoms with Crippen molar-refractivity contribution in [2.45, 2.75) is 71.0 Å². The Balaban J connectivity index is 2.10. The lowest BCUT2D eigenvalue weighted by molar-refractivity contribution is 0.0890. The summed E-state index contributed by atoms with van der Waals surface area (Å²) in [6, 6.07) is 10.5. The molecular weight excluding hydrogens is 244 g/mol. The average molecular weight is 274 g/mol. The van der Waals surface area contributed by atoms with Crippen LogP contribution in [0.5, 0.6) is 0 Å². The van der Waals surface area contributed by atoms with E-state index in [4.69, 9.17) is 5.73 Å². The summed E-state index contributed by atoms with van der Waals surface area (Å²) in [7, 11) is 0. The maximum atomic E-state index is 6.20. The number of likely N-dealkylation sites (tertiary alicyclic amines) is 1. The van der Waals surface area contributed by atoms with Crippen LogP contribution in [0.15, 0.2) is 24.3 Å². The molecule has 0 bridgehead atoms. The van der Waals surface area contributed by atoms with Gasteiger partial charge in [0.2, 0.25) is 0 Å². The van der Waals surface area contributed by atoms with E-state index in [-0.39, 0.29) is 6.04 Å². The van der Waals surface area contributed by atoms with Gasteiger partial charge in [0.1, 0.15) is 0 Å². The topological polar surface area (TPSA) is 29.3 Å². The zero-order chi connectivity index (χ0) is 14.5. The Kier molecular flexibility index (Phi) is 5.62. The van der Waals surface area contributed by atoms with Gasteiger partial charge in [-0.2, -0.15) is 0 Å². The number of nitrogens with two attached hydrogens (primary N) is 1. The van der Waals surface area contributed by atoms with Crippen molar-refractivity contribution >= 4 is 0 Å². The minimum absolute atomic E-state index is 0.261. The number of hydrogen-bond donors (Lipinski definition) is 1. The van der Waals surface area contributed by atoms with Gasteiger partial charge in [-0.3, -0.25) is 4.90 Å². The van der Waals surface area contributed by atoms with Crippen molar-refractivity contribution in [3.8, 4) is 0 Å². The minimum atomic E-state index is 0.261. The largest absolute Gasteiger partial charge is 0.327 e. The first-order valence-corrected chi connectivity index (χ1v) is 8.23. The third-order valence-corrected chi connectivity index (χ3v) is 4.70. The van der Waals surface area contributed by atoms with E-state index in [2.05, 4.69) is 49.9 Å². The van der Waals surface area contributed by atoms with Crippen LogP contribution >= 0.6 is 0 Å². The summed E-state index contributed by atoms with van der Waals surface area (Å²) in [6.45, 7) is 7.90. The zero-order valence-electron chi connectivity index (χ0n) is 13.3. The highest BCUT2D eigenvalue weighted by Crippen LogP contribution is 2.29. The van der Waals surface area contributed by atoms with Crippen molar-refractivity contribution in [3.05, 3.63) is 35.4 Å². The maximum absolute atomic E-state index is 6.20. The molecule has 0 aromatic heterocycles. The number of nitrogens with zero attached hydrogens (tertiary/aromatic N) is 1. The lowest BCUT2D eigenvalue weighted by Gasteiger charge is -2.42. The summed E-state index contributed by atoms with van der Waals surface area (Å²) in [6.07, 6.45) is 6.27. The van der Waals surface area contributed by atoms with E-state index in [1.54, 1.807) is 0 Å². The van der Waals surface area contributed by atoms with Crippen LogP contribution in [-0.4, -0.2) is 23.5 Å². The summed E-state index contributed by atoms with van der Waals surface area (Å²) in [5.74, 6) is 0. The second kappa shape index (κ2) is 7.24. The molecule has 3 unspecified atom stereocenters. The molecule has 0 saturated carbocycles. The molecule has 2 nitrogen and oxygen atoms in total. The van der Waals surface area contributed by atoms with Crippen LogP contribution in [-0.2, 0) is 6.42 Å². The minimum Gasteiger partial charge on any atom is -0.327 e. The van der Waals surface area contributed by atoms with Gasteiger partial charge in [0.15, 0.2) is 0 Å². The van der Waals surface area contributed by atoms with Gasteiger partial charge in [0, 0.05) is 18.1 Å². The molecule has 1 aliphatic rings. The predicted octanol–water partition coefficient (Wildman–Crippen LogP) is 3.90. The fourth-order valence-corrected chi connectivity index (χ4v) is 3.47. The van der Waals surface area contributed by atoms with Crippen molar-refractivity contribution in [1.82, 2.24) is 4.90 Å². The highest BCUT2D eigenvalue weighted by Gasteiger charge is 2.29. The third-order valence-electron chi connectivity index (χ3n) is 4.70. The Morgan fingerprint density at radius 1 is 1.20 bits per heavy atom. The van der Waals surface area contributed by atoms with Crippen molar-refractivity contribution < 1.29 is 0 Å². The van der Waals surface area contributed by atoms with Gasteiger partial charge in [-0.05, 0) is 50.8 Å². The van der Waals surface area contributed by atoms with Gasteiger partial charge in [0.25, 0.3) is 0 Å². The molecule has 1 aliphatic heterocycles. The van der Waals surface area contributed by atoms with Crippen LogP contribution in [0.1, 0.15) is 63.6 Å². The molecule has 2 heteroatoms. The number of benzene rings is 1. The van der Waals surface area contributed by atoms with Gasteiger partial charge in [-0.25, -0.2) is 0 Å². The molecule has 2 N–H and O–H groups in total. The Morgan fingerprint density at radius 3 is 2.50 bits per heavy atom. The number of piperidine rings is 1. The summed E-state index contributed by atoms with van der Waals surface area (Å²) in [4.78, 5) is 2.61. The maximum Gasteiger partial charge on any atom is 0.0323 e. The number of aryl methyl sites for hydroxylation is 1. The van der Waals surface area contributed by atoms with Crippen molar-refractivity contribution in [1.29, 1.82) is 0 Å². The summed E-state index contributed by atoms with van der Waals surface area (Å²) in [5, 5.41) is 0. The van der Waals surface area contributed by atoms with E-state index < -0.39 is 0 Å². The Morgan fingerprint density at radius 2 is 1.90 bits per heavy atom. The van der Waals surface area contributed by atoms with E-state index in [1.807, 2.05) is 0 Å². The normalized spacial score (nSPS) is 23.5. The molecule has 0 radical (unpaired) electrons. The smallest absolute Gasteiger partial charge is 0.0323 e. The first-order chi connectivity index (χ1) is 9.63. The molecule has 0 spiro atoms. The van der Waals surface area contributed by atoms with Crippen LogP contribution in [0.25, 0.3) is 0 Å². The molecule has 1 saturated heterocycles. The van der Waals surface area contributed by atoms with Crippen LogP contribution in [0.3, 0.4) is 0 Å². The highest BCUT2D eigenvalue weighted by molar-refractivity contribution is 5.25. The zero-order valence-corrected chi connectivity index (χ0v) is 13.3. The van der Waals surface area contributed by atoms with Crippen LogP contribution < -0.4 is 5.73 Å². The molecule has 1 fully saturated rings. The molecule has 1 heterocycles. The van der Waals surface area contributed by atoms with E-state index >= 15 is 0 Å². The quantitative estimate of drug-likeness (QED) is 0.882. The van der Waals surface area contributed by atoms with Gasteiger partial charge < -0.3 is 5.73 Å². The van der Waals surface area contributed by atoms with E-state index in [0.717, 1.165) is 0 Å². The van der Waals surface area contributed by atoms with Gasteiger partial charge >= 0.3 is 0 Å². The van der Waals surface area contributed by atoms with Gasteiger partial charge in [-0.1, -0.05) is 44.0 Å². The summed E-state index contributed by atoms with van der Waals surface area (Å²) in [5.41, 5.74) is 9.07. The van der Waals surface area contributed by atoms with Crippen molar-refractivity contribution in [3.63, 3.8) is 0 Å². The number of rotatable bonds is 5. The van der Waals surface area contributed by atoms with Gasteiger partial charge in [0.05, 0.1) is 0 Å². The molecule has 0 amide bonds. The number of hydrogen-bond acceptors (Lipinski definition) is 2. The fourth-order valence-electron chi connectivity index (χ4n) is 3.47. The van der Waals surface area contributed by atoms with E-state index in [9.17, 15) is 0 Å². The summed E-state index contributed by atoms with van der Waals surface area (Å²) < 4.78 is 0. The first kappa shape index (κ1) is 15.5. The lowest BCUT2D eigenvalue weighted by atomic mass is 9.93. The van der Waals surface area contributed by atoms with Gasteiger partial charge in [-0.15, -0.1) is 0 Å². The first-order valence-electron chi connectivity index (χ1n) is 8.23. The second-order valence-electron chi connectivity index (χ2n) is 6.33. The molecule has 0 aliphatic carbocycles. The standard InChI is InChI=1S/C18H30N2/c1-4-7-16-9-11-17(12-10-16)15(3)20-13-6-5-8-18(20)14(2)19/h9-12,14-15,18H,4-8,13,19H2,1-3H3. The highest BCUT2D eigenvalue weighted by atomic mass is 15.2. The molecular formula is C18H30N2. The summed E-state index contributed by atoms with van der Waals surface area (Å²) >= 11 is 0. The predicted molar refractivity (Wildman–Crippen MR) is 86.8 cm³/mol. The van der Waals surface area contributed by atoms with Crippen molar-refractivity contribution in [2.75, 3.05) is 6.54 Å². The van der Waals surface area contributed by atoms with Crippen molar-refractivity contribution in [2.24, 2.45) is 5.73 Å². The fraction of sp³-hybridized carbons (Fsp3) is 0.667. The van der Waals surface area contributed by atoms with Crippen LogP contribution in [0.4, 0.5) is 0 Å². The second-order valence-corrected chi connectivity index (χ2v) is 6.33. The molecule has 3 atom stereocenters. The van der Waals surface area contributed by atoms with E-state index in [0.29, 0.717) is 12.1 Å². The molecule has 1 aromatic carbocycles. The molecule has 2 rings (SSSR count). The van der Waals surface area contributed by atoms with E-state index in [1.165, 1.54) is 49.8 Å².